The zero-order valence-corrected chi connectivity index (χ0v) is 37.4. The molecule has 0 fully saturated rings. The molecule has 0 saturated heterocycles. The average molecular weight is 820 g/mol. The van der Waals surface area contributed by atoms with Gasteiger partial charge in [0.2, 0.25) is 0 Å². The van der Waals surface area contributed by atoms with E-state index in [9.17, 15) is 23.8 Å². The van der Waals surface area contributed by atoms with Crippen molar-refractivity contribution in [2.24, 2.45) is 0 Å². The first-order chi connectivity index (χ1) is 26.6. The van der Waals surface area contributed by atoms with E-state index in [1.807, 2.05) is 20.8 Å². The number of allylic oxidation sites excluding steroid dienone is 2. The van der Waals surface area contributed by atoms with E-state index in [0.29, 0.717) is 25.9 Å². The van der Waals surface area contributed by atoms with Gasteiger partial charge in [0.1, 0.15) is 12.2 Å². The van der Waals surface area contributed by atoms with Crippen LogP contribution in [0.4, 0.5) is 4.79 Å². The number of alkyl carbamates (subject to hydrolysis) is 1. The first-order valence-electron chi connectivity index (χ1n) is 21.8. The van der Waals surface area contributed by atoms with Crippen LogP contribution < -0.4 is 5.32 Å². The Morgan fingerprint density at radius 3 is 1.77 bits per heavy atom. The van der Waals surface area contributed by atoms with Gasteiger partial charge < -0.3 is 29.2 Å². The minimum absolute atomic E-state index is 0.118. The standard InChI is InChI=1S/C43H82NO11P/c1-8-10-12-14-16-18-20-22-24-26-28-30-39(45)50-36-38(54-40(46)31-29-27-25-23-21-19-17-15-13-11-9-2)37-53-56(48,49)52-35-33-44-41(47)55-43(6,7)32-34-51-42(3,4)5/h10,12,38H,8-9,11,13-37H2,1-7H3,(H,44,47)(H,48,49)/b12-10+. The molecule has 330 valence electrons. The van der Waals surface area contributed by atoms with Gasteiger partial charge in [-0.05, 0) is 66.7 Å². The number of phosphoric ester groups is 1. The van der Waals surface area contributed by atoms with Crippen molar-refractivity contribution in [2.75, 3.05) is 33.0 Å². The number of phosphoric acid groups is 1. The summed E-state index contributed by atoms with van der Waals surface area (Å²) >= 11 is 0. The second-order valence-electron chi connectivity index (χ2n) is 16.4. The Hall–Kier alpha value is -1.98. The van der Waals surface area contributed by atoms with E-state index in [2.05, 4.69) is 31.3 Å². The maximum atomic E-state index is 12.7. The van der Waals surface area contributed by atoms with Gasteiger partial charge >= 0.3 is 25.9 Å². The Labute approximate surface area is 340 Å². The molecular weight excluding hydrogens is 737 g/mol. The number of ether oxygens (including phenoxy) is 4. The van der Waals surface area contributed by atoms with Gasteiger partial charge in [-0.1, -0.05) is 122 Å². The Balaban J connectivity index is 4.72. The van der Waals surface area contributed by atoms with E-state index in [1.54, 1.807) is 13.8 Å². The quantitative estimate of drug-likeness (QED) is 0.0202. The molecule has 2 N–H and O–H groups in total. The van der Waals surface area contributed by atoms with Crippen molar-refractivity contribution in [1.82, 2.24) is 5.32 Å². The van der Waals surface area contributed by atoms with Crippen molar-refractivity contribution < 1.29 is 51.8 Å². The lowest BCUT2D eigenvalue weighted by molar-refractivity contribution is -0.161. The average Bonchev–Trinajstić information content (AvgIpc) is 3.11. The van der Waals surface area contributed by atoms with E-state index in [0.717, 1.165) is 51.4 Å². The predicted octanol–water partition coefficient (Wildman–Crippen LogP) is 11.5. The van der Waals surface area contributed by atoms with Crippen LogP contribution >= 0.6 is 7.82 Å². The molecule has 0 aliphatic carbocycles. The minimum atomic E-state index is -4.60. The lowest BCUT2D eigenvalue weighted by atomic mass is 10.1. The van der Waals surface area contributed by atoms with Gasteiger partial charge in [0.15, 0.2) is 6.10 Å². The maximum absolute atomic E-state index is 12.7. The third-order valence-electron chi connectivity index (χ3n) is 9.02. The Kier molecular flexibility index (Phi) is 32.7. The van der Waals surface area contributed by atoms with Gasteiger partial charge in [0, 0.05) is 25.8 Å². The lowest BCUT2D eigenvalue weighted by Crippen LogP contribution is -2.37. The van der Waals surface area contributed by atoms with Gasteiger partial charge in [-0.15, -0.1) is 0 Å². The van der Waals surface area contributed by atoms with Crippen LogP contribution in [0.5, 0.6) is 0 Å². The fraction of sp³-hybridized carbons (Fsp3) is 0.884. The molecule has 0 aromatic rings. The molecule has 13 heteroatoms. The van der Waals surface area contributed by atoms with E-state index in [-0.39, 0.29) is 38.2 Å². The SMILES string of the molecule is CC/C=C/CCCCCCCCCC(=O)OCC(COP(=O)(O)OCCNC(=O)OC(C)(C)CCOC(C)(C)C)OC(=O)CCCCCCCCCCCCC. The number of amides is 1. The Bertz CT molecular complexity index is 1080. The lowest BCUT2D eigenvalue weighted by Gasteiger charge is -2.27. The Morgan fingerprint density at radius 1 is 0.679 bits per heavy atom. The molecule has 0 aliphatic heterocycles. The van der Waals surface area contributed by atoms with Crippen molar-refractivity contribution >= 4 is 25.9 Å². The zero-order chi connectivity index (χ0) is 42.0. The number of unbranched alkanes of at least 4 members (excludes halogenated alkanes) is 17. The molecule has 2 atom stereocenters. The molecule has 0 radical (unpaired) electrons. The van der Waals surface area contributed by atoms with Crippen LogP contribution in [0.2, 0.25) is 0 Å². The third kappa shape index (κ3) is 37.6. The van der Waals surface area contributed by atoms with Crippen molar-refractivity contribution in [3.05, 3.63) is 12.2 Å². The summed E-state index contributed by atoms with van der Waals surface area (Å²) in [6.45, 7) is 12.8. The van der Waals surface area contributed by atoms with E-state index in [4.69, 9.17) is 28.0 Å². The van der Waals surface area contributed by atoms with Gasteiger partial charge in [0.25, 0.3) is 0 Å². The van der Waals surface area contributed by atoms with Crippen molar-refractivity contribution in [2.45, 2.75) is 213 Å². The Morgan fingerprint density at radius 2 is 1.21 bits per heavy atom. The molecule has 0 aromatic carbocycles. The van der Waals surface area contributed by atoms with Gasteiger partial charge in [-0.2, -0.15) is 0 Å². The molecule has 0 aliphatic rings. The third-order valence-corrected chi connectivity index (χ3v) is 10.0. The molecule has 0 aromatic heterocycles. The largest absolute Gasteiger partial charge is 0.472 e. The highest BCUT2D eigenvalue weighted by molar-refractivity contribution is 7.47. The number of rotatable bonds is 37. The van der Waals surface area contributed by atoms with Gasteiger partial charge in [0.05, 0.1) is 25.4 Å². The van der Waals surface area contributed by atoms with Crippen LogP contribution in [-0.4, -0.2) is 73.2 Å². The minimum Gasteiger partial charge on any atom is -0.462 e. The highest BCUT2D eigenvalue weighted by atomic mass is 31.2. The summed E-state index contributed by atoms with van der Waals surface area (Å²) in [4.78, 5) is 47.7. The van der Waals surface area contributed by atoms with Crippen molar-refractivity contribution in [3.8, 4) is 0 Å². The second-order valence-corrected chi connectivity index (χ2v) is 17.8. The summed E-state index contributed by atoms with van der Waals surface area (Å²) in [6, 6.07) is 0. The van der Waals surface area contributed by atoms with Crippen LogP contribution in [0, 0.1) is 0 Å². The first kappa shape index (κ1) is 54.0. The topological polar surface area (TPSA) is 156 Å². The van der Waals surface area contributed by atoms with Gasteiger partial charge in [-0.25, -0.2) is 9.36 Å². The van der Waals surface area contributed by atoms with Crippen molar-refractivity contribution in [3.63, 3.8) is 0 Å². The predicted molar refractivity (Wildman–Crippen MR) is 224 cm³/mol. The monoisotopic (exact) mass is 820 g/mol. The second kappa shape index (κ2) is 33.9. The van der Waals surface area contributed by atoms with E-state index in [1.165, 1.54) is 64.2 Å². The smallest absolute Gasteiger partial charge is 0.462 e. The summed E-state index contributed by atoms with van der Waals surface area (Å²) in [5, 5.41) is 2.49. The maximum Gasteiger partial charge on any atom is 0.472 e. The summed E-state index contributed by atoms with van der Waals surface area (Å²) in [7, 11) is -4.60. The number of hydrogen-bond donors (Lipinski definition) is 2. The highest BCUT2D eigenvalue weighted by Crippen LogP contribution is 2.43. The molecule has 56 heavy (non-hydrogen) atoms. The molecule has 1 amide bonds. The summed E-state index contributed by atoms with van der Waals surface area (Å²) in [6.07, 6.45) is 25.8. The summed E-state index contributed by atoms with van der Waals surface area (Å²) in [5.74, 6) is -0.915. The molecular formula is C43H82NO11P. The molecule has 0 spiro atoms. The van der Waals surface area contributed by atoms with E-state index < -0.39 is 44.2 Å². The molecule has 0 rings (SSSR count). The number of hydrogen-bond acceptors (Lipinski definition) is 10. The zero-order valence-electron chi connectivity index (χ0n) is 36.5. The van der Waals surface area contributed by atoms with Crippen molar-refractivity contribution in [1.29, 1.82) is 0 Å². The fourth-order valence-corrected chi connectivity index (χ4v) is 6.47. The number of nitrogens with one attached hydrogen (secondary N) is 1. The van der Waals surface area contributed by atoms with Crippen LogP contribution in [0.3, 0.4) is 0 Å². The number of carbonyl (C=O) groups excluding carboxylic acids is 3. The molecule has 2 unspecified atom stereocenters. The van der Waals surface area contributed by atoms with Crippen LogP contribution in [0.1, 0.15) is 196 Å². The van der Waals surface area contributed by atoms with Crippen LogP contribution in [0.15, 0.2) is 12.2 Å². The van der Waals surface area contributed by atoms with Crippen LogP contribution in [-0.2, 0) is 42.1 Å². The summed E-state index contributed by atoms with van der Waals surface area (Å²) < 4.78 is 44.8. The molecule has 12 nitrogen and oxygen atoms in total. The van der Waals surface area contributed by atoms with Gasteiger partial charge in [-0.3, -0.25) is 18.6 Å². The number of esters is 2. The van der Waals surface area contributed by atoms with Crippen LogP contribution in [0.25, 0.3) is 0 Å². The number of carbonyl (C=O) groups is 3. The molecule has 0 bridgehead atoms. The highest BCUT2D eigenvalue weighted by Gasteiger charge is 2.27. The molecule has 0 saturated carbocycles. The fourth-order valence-electron chi connectivity index (χ4n) is 5.72. The van der Waals surface area contributed by atoms with E-state index >= 15 is 0 Å². The normalized spacial score (nSPS) is 13.7. The first-order valence-corrected chi connectivity index (χ1v) is 23.3. The summed E-state index contributed by atoms with van der Waals surface area (Å²) in [5.41, 5.74) is -1.10. The molecule has 0 heterocycles.